The molecule has 1 rings (SSSR count). The highest BCUT2D eigenvalue weighted by Crippen LogP contribution is 2.19. The van der Waals surface area contributed by atoms with Gasteiger partial charge in [-0.25, -0.2) is 0 Å². The first-order valence-corrected chi connectivity index (χ1v) is 6.24. The molecule has 0 spiro atoms. The van der Waals surface area contributed by atoms with Gasteiger partial charge in [-0.15, -0.1) is 12.6 Å². The topological polar surface area (TPSA) is 32.3 Å². The second-order valence-corrected chi connectivity index (χ2v) is 5.00. The molecule has 0 unspecified atom stereocenters. The predicted molar refractivity (Wildman–Crippen MR) is 74.2 cm³/mol. The van der Waals surface area contributed by atoms with Crippen LogP contribution >= 0.6 is 24.2 Å². The van der Waals surface area contributed by atoms with Crippen LogP contribution < -0.4 is 5.32 Å². The second kappa shape index (κ2) is 6.89. The number of hydrogen-bond acceptors (Lipinski definition) is 3. The van der Waals surface area contributed by atoms with E-state index in [4.69, 9.17) is 11.6 Å². The molecule has 17 heavy (non-hydrogen) atoms. The van der Waals surface area contributed by atoms with Crippen LogP contribution in [0.5, 0.6) is 0 Å². The Hall–Kier alpha value is -0.710. The van der Waals surface area contributed by atoms with Crippen molar-refractivity contribution in [2.24, 2.45) is 0 Å². The van der Waals surface area contributed by atoms with Crippen molar-refractivity contribution in [3.05, 3.63) is 28.8 Å². The summed E-state index contributed by atoms with van der Waals surface area (Å²) in [5.41, 5.74) is 0.476. The number of benzene rings is 1. The molecule has 0 fully saturated rings. The zero-order valence-corrected chi connectivity index (χ0v) is 11.7. The van der Waals surface area contributed by atoms with Gasteiger partial charge < -0.3 is 10.2 Å². The summed E-state index contributed by atoms with van der Waals surface area (Å²) in [5.74, 6) is -0.148. The quantitative estimate of drug-likeness (QED) is 0.637. The minimum atomic E-state index is -0.148. The van der Waals surface area contributed by atoms with E-state index in [0.29, 0.717) is 17.1 Å². The number of hydrogen-bond donors (Lipinski definition) is 2. The first kappa shape index (κ1) is 14.4. The molecule has 1 N–H and O–H groups in total. The molecule has 0 aliphatic heterocycles. The van der Waals surface area contributed by atoms with Crippen LogP contribution in [0.1, 0.15) is 16.8 Å². The Labute approximate surface area is 113 Å². The van der Waals surface area contributed by atoms with Crippen LogP contribution in [-0.4, -0.2) is 38.0 Å². The lowest BCUT2D eigenvalue weighted by atomic mass is 10.2. The van der Waals surface area contributed by atoms with E-state index >= 15 is 0 Å². The maximum atomic E-state index is 11.8. The van der Waals surface area contributed by atoms with Crippen molar-refractivity contribution in [3.63, 3.8) is 0 Å². The molecule has 0 bridgehead atoms. The van der Waals surface area contributed by atoms with Gasteiger partial charge in [0.15, 0.2) is 0 Å². The number of halogens is 1. The van der Waals surface area contributed by atoms with Gasteiger partial charge in [0.2, 0.25) is 0 Å². The third-order valence-corrected chi connectivity index (χ3v) is 2.87. The highest BCUT2D eigenvalue weighted by Gasteiger charge is 2.09. The van der Waals surface area contributed by atoms with Crippen molar-refractivity contribution in [1.29, 1.82) is 0 Å². The Morgan fingerprint density at radius 1 is 1.47 bits per heavy atom. The molecule has 0 aliphatic rings. The maximum Gasteiger partial charge on any atom is 0.252 e. The molecular weight excluding hydrogens is 256 g/mol. The van der Waals surface area contributed by atoms with Gasteiger partial charge in [0, 0.05) is 11.4 Å². The number of rotatable bonds is 5. The predicted octanol–water partition coefficient (Wildman–Crippen LogP) is 2.31. The highest BCUT2D eigenvalue weighted by atomic mass is 35.5. The van der Waals surface area contributed by atoms with Crippen LogP contribution in [0.15, 0.2) is 23.1 Å². The van der Waals surface area contributed by atoms with Gasteiger partial charge in [-0.1, -0.05) is 11.6 Å². The molecule has 0 aromatic heterocycles. The Morgan fingerprint density at radius 2 is 2.18 bits per heavy atom. The number of amides is 1. The molecule has 3 nitrogen and oxygen atoms in total. The lowest BCUT2D eigenvalue weighted by Gasteiger charge is -2.10. The van der Waals surface area contributed by atoms with Crippen LogP contribution in [0.2, 0.25) is 5.02 Å². The summed E-state index contributed by atoms with van der Waals surface area (Å²) in [6, 6.07) is 5.11. The summed E-state index contributed by atoms with van der Waals surface area (Å²) in [4.78, 5) is 14.6. The molecule has 1 aromatic carbocycles. The van der Waals surface area contributed by atoms with Gasteiger partial charge in [-0.3, -0.25) is 4.79 Å². The van der Waals surface area contributed by atoms with E-state index in [2.05, 4.69) is 22.8 Å². The Bertz CT molecular complexity index is 396. The number of nitrogens with one attached hydrogen (secondary N) is 1. The van der Waals surface area contributed by atoms with E-state index in [9.17, 15) is 4.79 Å². The number of carbonyl (C=O) groups excluding carboxylic acids is 1. The fourth-order valence-corrected chi connectivity index (χ4v) is 1.79. The molecular formula is C12H17ClN2OS. The zero-order valence-electron chi connectivity index (χ0n) is 10.0. The summed E-state index contributed by atoms with van der Waals surface area (Å²) >= 11 is 10.1. The number of thiol groups is 1. The molecule has 0 saturated carbocycles. The third-order valence-electron chi connectivity index (χ3n) is 2.26. The van der Waals surface area contributed by atoms with Crippen molar-refractivity contribution in [2.75, 3.05) is 27.2 Å². The maximum absolute atomic E-state index is 11.8. The molecule has 5 heteroatoms. The smallest absolute Gasteiger partial charge is 0.252 e. The lowest BCUT2D eigenvalue weighted by molar-refractivity contribution is 0.0952. The van der Waals surface area contributed by atoms with Gasteiger partial charge in [0.25, 0.3) is 5.91 Å². The average Bonchev–Trinajstić information content (AvgIpc) is 2.27. The Kier molecular flexibility index (Phi) is 5.82. The summed E-state index contributed by atoms with van der Waals surface area (Å²) < 4.78 is 0. The molecule has 0 radical (unpaired) electrons. The van der Waals surface area contributed by atoms with Crippen molar-refractivity contribution in [3.8, 4) is 0 Å². The fourth-order valence-electron chi connectivity index (χ4n) is 1.38. The molecule has 0 atom stereocenters. The SMILES string of the molecule is CN(C)CCCNC(=O)c1cc(S)ccc1Cl. The fraction of sp³-hybridized carbons (Fsp3) is 0.417. The van der Waals surface area contributed by atoms with Gasteiger partial charge in [-0.2, -0.15) is 0 Å². The van der Waals surface area contributed by atoms with E-state index in [1.807, 2.05) is 14.1 Å². The van der Waals surface area contributed by atoms with Crippen LogP contribution in [0.4, 0.5) is 0 Å². The Balaban J connectivity index is 2.49. The summed E-state index contributed by atoms with van der Waals surface area (Å²) in [6.45, 7) is 1.59. The van der Waals surface area contributed by atoms with Crippen molar-refractivity contribution >= 4 is 30.1 Å². The van der Waals surface area contributed by atoms with Crippen LogP contribution in [0.25, 0.3) is 0 Å². The van der Waals surface area contributed by atoms with Crippen LogP contribution in [0, 0.1) is 0 Å². The van der Waals surface area contributed by atoms with Gasteiger partial charge in [-0.05, 0) is 45.3 Å². The van der Waals surface area contributed by atoms with Crippen LogP contribution in [-0.2, 0) is 0 Å². The van der Waals surface area contributed by atoms with Crippen LogP contribution in [0.3, 0.4) is 0 Å². The first-order valence-electron chi connectivity index (χ1n) is 5.42. The van der Waals surface area contributed by atoms with Gasteiger partial charge in [0.05, 0.1) is 10.6 Å². The highest BCUT2D eigenvalue weighted by molar-refractivity contribution is 7.80. The zero-order chi connectivity index (χ0) is 12.8. The molecule has 0 heterocycles. The van der Waals surface area contributed by atoms with Gasteiger partial charge in [0.1, 0.15) is 0 Å². The van der Waals surface area contributed by atoms with Crippen molar-refractivity contribution in [1.82, 2.24) is 10.2 Å². The van der Waals surface area contributed by atoms with E-state index in [1.54, 1.807) is 18.2 Å². The summed E-state index contributed by atoms with van der Waals surface area (Å²) in [6.07, 6.45) is 0.914. The Morgan fingerprint density at radius 3 is 2.82 bits per heavy atom. The first-order chi connectivity index (χ1) is 8.00. The van der Waals surface area contributed by atoms with E-state index in [0.717, 1.165) is 17.9 Å². The van der Waals surface area contributed by atoms with Crippen molar-refractivity contribution < 1.29 is 4.79 Å². The third kappa shape index (κ3) is 4.98. The number of carbonyl (C=O) groups is 1. The second-order valence-electron chi connectivity index (χ2n) is 4.08. The molecule has 1 aromatic rings. The van der Waals surface area contributed by atoms with E-state index < -0.39 is 0 Å². The normalized spacial score (nSPS) is 10.6. The van der Waals surface area contributed by atoms with E-state index in [1.165, 1.54) is 0 Å². The van der Waals surface area contributed by atoms with Crippen molar-refractivity contribution in [2.45, 2.75) is 11.3 Å². The minimum Gasteiger partial charge on any atom is -0.352 e. The minimum absolute atomic E-state index is 0.148. The summed E-state index contributed by atoms with van der Waals surface area (Å²) in [5, 5.41) is 3.29. The lowest BCUT2D eigenvalue weighted by Crippen LogP contribution is -2.27. The largest absolute Gasteiger partial charge is 0.352 e. The standard InChI is InChI=1S/C12H17ClN2OS/c1-15(2)7-3-6-14-12(16)10-8-9(17)4-5-11(10)13/h4-5,8,17H,3,6-7H2,1-2H3,(H,14,16). The molecule has 94 valence electrons. The molecule has 0 aliphatic carbocycles. The van der Waals surface area contributed by atoms with E-state index in [-0.39, 0.29) is 5.91 Å². The molecule has 0 saturated heterocycles. The average molecular weight is 273 g/mol. The molecule has 1 amide bonds. The van der Waals surface area contributed by atoms with Gasteiger partial charge >= 0.3 is 0 Å². The number of nitrogens with zero attached hydrogens (tertiary/aromatic N) is 1. The monoisotopic (exact) mass is 272 g/mol. The summed E-state index contributed by atoms with van der Waals surface area (Å²) in [7, 11) is 4.01.